The van der Waals surface area contributed by atoms with Crippen LogP contribution < -0.4 is 0 Å². The van der Waals surface area contributed by atoms with Crippen molar-refractivity contribution in [2.45, 2.75) is 13.3 Å². The van der Waals surface area contributed by atoms with E-state index in [4.69, 9.17) is 9.41 Å². The molecule has 0 unspecified atom stereocenters. The van der Waals surface area contributed by atoms with Gasteiger partial charge in [0.05, 0.1) is 33.5 Å². The molecule has 0 bridgehead atoms. The number of hydrogen-bond donors (Lipinski definition) is 0. The van der Waals surface area contributed by atoms with Crippen LogP contribution in [0.15, 0.2) is 258 Å². The number of hydrogen-bond acceptors (Lipinski definition) is 2. The lowest BCUT2D eigenvalue weighted by Crippen LogP contribution is -1.99. The monoisotopic (exact) mass is 907 g/mol. The molecule has 0 N–H and O–H groups in total. The van der Waals surface area contributed by atoms with Gasteiger partial charge in [-0.3, -0.25) is 4.99 Å². The molecule has 0 fully saturated rings. The summed E-state index contributed by atoms with van der Waals surface area (Å²) in [5, 5.41) is 7.09. The fraction of sp³-hybridized carbons (Fsp3) is 0.0299. The summed E-state index contributed by atoms with van der Waals surface area (Å²) in [7, 11) is 0. The standard InChI is InChI=1S/C67H45N3O/c1-43-52(34-35-59(44-18-6-2-7-19-44)68-67(43)45-20-8-3-9-21-45)48-22-16-23-49(38-48)53-29-17-31-65-66(53)58-40-47(33-37-64(58)71-65)46-32-36-61-55(39-46)57-42-62-56(41-63(57)70(61)51-26-12-5-13-27-51)54-28-14-15-30-60(54)69(62)50-24-10-4-11-25-50/h2-34,36-42H,35H2,1H3. The van der Waals surface area contributed by atoms with Crippen LogP contribution in [0, 0.1) is 0 Å². The Morgan fingerprint density at radius 3 is 1.65 bits per heavy atom. The Kier molecular flexibility index (Phi) is 9.46. The minimum Gasteiger partial charge on any atom is -0.456 e. The molecule has 71 heavy (non-hydrogen) atoms. The fourth-order valence-corrected chi connectivity index (χ4v) is 11.2. The van der Waals surface area contributed by atoms with E-state index in [1.54, 1.807) is 0 Å². The lowest BCUT2D eigenvalue weighted by molar-refractivity contribution is 0.669. The van der Waals surface area contributed by atoms with E-state index in [1.165, 1.54) is 49.2 Å². The Hall–Kier alpha value is -9.25. The van der Waals surface area contributed by atoms with Gasteiger partial charge in [-0.25, -0.2) is 0 Å². The number of furan rings is 1. The van der Waals surface area contributed by atoms with E-state index in [-0.39, 0.29) is 0 Å². The number of rotatable bonds is 7. The van der Waals surface area contributed by atoms with Gasteiger partial charge in [-0.05, 0) is 130 Å². The fourth-order valence-electron chi connectivity index (χ4n) is 11.2. The second-order valence-electron chi connectivity index (χ2n) is 18.6. The van der Waals surface area contributed by atoms with E-state index in [1.807, 2.05) is 0 Å². The van der Waals surface area contributed by atoms with E-state index < -0.39 is 0 Å². The molecule has 4 heterocycles. The highest BCUT2D eigenvalue weighted by molar-refractivity contribution is 6.20. The number of allylic oxidation sites excluding steroid dienone is 3. The Balaban J connectivity index is 0.916. The molecule has 0 atom stereocenters. The van der Waals surface area contributed by atoms with Gasteiger partial charge in [-0.1, -0.05) is 164 Å². The second-order valence-corrected chi connectivity index (χ2v) is 18.6. The van der Waals surface area contributed by atoms with Gasteiger partial charge >= 0.3 is 0 Å². The van der Waals surface area contributed by atoms with Crippen LogP contribution in [-0.2, 0) is 0 Å². The highest BCUT2D eigenvalue weighted by atomic mass is 16.3. The summed E-state index contributed by atoms with van der Waals surface area (Å²) in [6.45, 7) is 2.21. The molecule has 0 spiro atoms. The van der Waals surface area contributed by atoms with Crippen LogP contribution in [0.25, 0.3) is 110 Å². The predicted molar refractivity (Wildman–Crippen MR) is 298 cm³/mol. The Morgan fingerprint density at radius 2 is 0.930 bits per heavy atom. The van der Waals surface area contributed by atoms with Gasteiger partial charge in [-0.2, -0.15) is 0 Å². The average molecular weight is 908 g/mol. The Bertz CT molecular complexity index is 4340. The zero-order chi connectivity index (χ0) is 47.0. The van der Waals surface area contributed by atoms with E-state index in [9.17, 15) is 0 Å². The number of nitrogens with zero attached hydrogens (tertiary/aromatic N) is 3. The maximum Gasteiger partial charge on any atom is 0.136 e. The van der Waals surface area contributed by atoms with Crippen molar-refractivity contribution in [3.8, 4) is 33.6 Å². The van der Waals surface area contributed by atoms with Crippen LogP contribution in [0.5, 0.6) is 0 Å². The summed E-state index contributed by atoms with van der Waals surface area (Å²) in [5.41, 5.74) is 21.1. The van der Waals surface area contributed by atoms with Gasteiger partial charge in [-0.15, -0.1) is 0 Å². The maximum absolute atomic E-state index is 6.66. The number of aromatic nitrogens is 2. The summed E-state index contributed by atoms with van der Waals surface area (Å²) >= 11 is 0. The SMILES string of the molecule is CC1=C(c2ccccc2)N=C(c2ccccc2)CC=C1c1cccc(-c2cccc3oc4ccc(-c5ccc6c(c5)c5cc7c(cc5n6-c5ccccc5)c5ccccc5n7-c5ccccc5)cc4c23)c1. The van der Waals surface area contributed by atoms with Crippen molar-refractivity contribution in [1.29, 1.82) is 0 Å². The van der Waals surface area contributed by atoms with Crippen LogP contribution in [0.2, 0.25) is 0 Å². The van der Waals surface area contributed by atoms with Gasteiger partial charge in [0, 0.05) is 55.7 Å². The molecule has 14 rings (SSSR count). The van der Waals surface area contributed by atoms with Gasteiger partial charge in [0.1, 0.15) is 11.2 Å². The molecule has 0 saturated heterocycles. The second kappa shape index (κ2) is 16.5. The zero-order valence-corrected chi connectivity index (χ0v) is 39.1. The third kappa shape index (κ3) is 6.71. The van der Waals surface area contributed by atoms with E-state index in [0.29, 0.717) is 0 Å². The van der Waals surface area contributed by atoms with Crippen LogP contribution in [0.1, 0.15) is 30.0 Å². The minimum atomic E-state index is 0.725. The van der Waals surface area contributed by atoms with Crippen molar-refractivity contribution >= 4 is 82.5 Å². The first-order valence-electron chi connectivity index (χ1n) is 24.4. The first-order valence-corrected chi connectivity index (χ1v) is 24.4. The van der Waals surface area contributed by atoms with Crippen molar-refractivity contribution in [3.63, 3.8) is 0 Å². The molecule has 1 aliphatic heterocycles. The topological polar surface area (TPSA) is 35.4 Å². The maximum atomic E-state index is 6.66. The Labute approximate surface area is 411 Å². The normalized spacial score (nSPS) is 13.2. The minimum absolute atomic E-state index is 0.725. The van der Waals surface area contributed by atoms with Crippen molar-refractivity contribution < 1.29 is 4.42 Å². The third-order valence-electron chi connectivity index (χ3n) is 14.6. The molecule has 10 aromatic carbocycles. The zero-order valence-electron chi connectivity index (χ0n) is 39.1. The van der Waals surface area contributed by atoms with Gasteiger partial charge in [0.25, 0.3) is 0 Å². The predicted octanol–water partition coefficient (Wildman–Crippen LogP) is 17.8. The largest absolute Gasteiger partial charge is 0.456 e. The molecule has 1 aliphatic rings. The summed E-state index contributed by atoms with van der Waals surface area (Å²) in [5.74, 6) is 0. The van der Waals surface area contributed by atoms with Crippen LogP contribution in [-0.4, -0.2) is 14.8 Å². The molecule has 4 nitrogen and oxygen atoms in total. The van der Waals surface area contributed by atoms with E-state index in [0.717, 1.165) is 95.7 Å². The van der Waals surface area contributed by atoms with Gasteiger partial charge in [0.15, 0.2) is 0 Å². The first kappa shape index (κ1) is 40.8. The average Bonchev–Trinajstić information content (AvgIpc) is 4.04. The van der Waals surface area contributed by atoms with Gasteiger partial charge < -0.3 is 13.6 Å². The smallest absolute Gasteiger partial charge is 0.136 e. The van der Waals surface area contributed by atoms with Crippen molar-refractivity contribution in [2.75, 3.05) is 0 Å². The van der Waals surface area contributed by atoms with Gasteiger partial charge in [0.2, 0.25) is 0 Å². The molecule has 0 radical (unpaired) electrons. The lowest BCUT2D eigenvalue weighted by atomic mass is 9.91. The summed E-state index contributed by atoms with van der Waals surface area (Å²) in [4.78, 5) is 5.37. The summed E-state index contributed by atoms with van der Waals surface area (Å²) in [6, 6.07) is 85.3. The molecule has 0 aliphatic carbocycles. The number of benzene rings is 10. The molecule has 0 amide bonds. The number of fused-ring (bicyclic) bond motifs is 9. The van der Waals surface area contributed by atoms with Crippen LogP contribution in [0.3, 0.4) is 0 Å². The quantitative estimate of drug-likeness (QED) is 0.157. The number of para-hydroxylation sites is 3. The first-order chi connectivity index (χ1) is 35.1. The highest BCUT2D eigenvalue weighted by Crippen LogP contribution is 2.44. The van der Waals surface area contributed by atoms with Crippen LogP contribution >= 0.6 is 0 Å². The molecular weight excluding hydrogens is 863 g/mol. The van der Waals surface area contributed by atoms with Crippen molar-refractivity contribution in [3.05, 3.63) is 265 Å². The van der Waals surface area contributed by atoms with Crippen molar-refractivity contribution in [1.82, 2.24) is 9.13 Å². The molecule has 3 aromatic heterocycles. The highest BCUT2D eigenvalue weighted by Gasteiger charge is 2.22. The molecule has 4 heteroatoms. The summed E-state index contributed by atoms with van der Waals surface area (Å²) < 4.78 is 11.5. The molecular formula is C67H45N3O. The van der Waals surface area contributed by atoms with E-state index >= 15 is 0 Å². The van der Waals surface area contributed by atoms with Crippen molar-refractivity contribution in [2.24, 2.45) is 4.99 Å². The number of aliphatic imine (C=N–C) groups is 1. The summed E-state index contributed by atoms with van der Waals surface area (Å²) in [6.07, 6.45) is 3.08. The van der Waals surface area contributed by atoms with Crippen LogP contribution in [0.4, 0.5) is 0 Å². The Morgan fingerprint density at radius 1 is 0.380 bits per heavy atom. The lowest BCUT2D eigenvalue weighted by Gasteiger charge is -2.13. The third-order valence-corrected chi connectivity index (χ3v) is 14.6. The molecule has 0 saturated carbocycles. The van der Waals surface area contributed by atoms with E-state index in [2.05, 4.69) is 259 Å². The molecule has 334 valence electrons. The molecule has 13 aromatic rings.